The summed E-state index contributed by atoms with van der Waals surface area (Å²) in [4.78, 5) is 0. The van der Waals surface area contributed by atoms with Gasteiger partial charge in [-0.25, -0.2) is 0 Å². The molecule has 0 spiro atoms. The molecule has 1 saturated carbocycles. The predicted molar refractivity (Wildman–Crippen MR) is 80.6 cm³/mol. The fourth-order valence-corrected chi connectivity index (χ4v) is 2.60. The monoisotopic (exact) mass is 261 g/mol. The highest BCUT2D eigenvalue weighted by molar-refractivity contribution is 5.29. The van der Waals surface area contributed by atoms with Crippen molar-refractivity contribution in [3.8, 4) is 0 Å². The average molecular weight is 261 g/mol. The Morgan fingerprint density at radius 1 is 1.32 bits per heavy atom. The van der Waals surface area contributed by atoms with Crippen molar-refractivity contribution in [2.75, 3.05) is 19.8 Å². The van der Waals surface area contributed by atoms with Crippen LogP contribution in [-0.4, -0.2) is 19.8 Å². The summed E-state index contributed by atoms with van der Waals surface area (Å²) in [6, 6.07) is 9.44. The summed E-state index contributed by atoms with van der Waals surface area (Å²) in [6.07, 6.45) is 5.28. The van der Waals surface area contributed by atoms with E-state index < -0.39 is 0 Å². The summed E-state index contributed by atoms with van der Waals surface area (Å²) in [5.74, 6) is 0.805. The smallest absolute Gasteiger partial charge is 0.0661 e. The van der Waals surface area contributed by atoms with Crippen LogP contribution in [0.2, 0.25) is 0 Å². The lowest BCUT2D eigenvalue weighted by molar-refractivity contribution is 0.123. The van der Waals surface area contributed by atoms with E-state index >= 15 is 0 Å². The van der Waals surface area contributed by atoms with Gasteiger partial charge in [0.05, 0.1) is 12.6 Å². The summed E-state index contributed by atoms with van der Waals surface area (Å²) in [6.45, 7) is 6.86. The van der Waals surface area contributed by atoms with E-state index in [4.69, 9.17) is 4.74 Å². The van der Waals surface area contributed by atoms with Crippen LogP contribution in [0.3, 0.4) is 0 Å². The average Bonchev–Trinajstić information content (AvgIpc) is 2.37. The molecular formula is C17H27NO. The molecule has 1 unspecified atom stereocenters. The zero-order valence-corrected chi connectivity index (χ0v) is 12.3. The Labute approximate surface area is 117 Å². The van der Waals surface area contributed by atoms with Crippen LogP contribution in [0.25, 0.3) is 0 Å². The van der Waals surface area contributed by atoms with E-state index in [0.29, 0.717) is 6.04 Å². The van der Waals surface area contributed by atoms with Crippen molar-refractivity contribution in [1.29, 1.82) is 0 Å². The van der Waals surface area contributed by atoms with Crippen molar-refractivity contribution in [1.82, 2.24) is 5.32 Å². The van der Waals surface area contributed by atoms with E-state index in [2.05, 4.69) is 43.4 Å². The summed E-state index contributed by atoms with van der Waals surface area (Å²) in [7, 11) is 0. The van der Waals surface area contributed by atoms with Gasteiger partial charge in [-0.05, 0) is 49.8 Å². The van der Waals surface area contributed by atoms with Gasteiger partial charge in [-0.3, -0.25) is 0 Å². The molecule has 1 fully saturated rings. The van der Waals surface area contributed by atoms with E-state index in [1.165, 1.54) is 30.4 Å². The van der Waals surface area contributed by atoms with Crippen LogP contribution in [-0.2, 0) is 4.74 Å². The van der Waals surface area contributed by atoms with Gasteiger partial charge >= 0.3 is 0 Å². The van der Waals surface area contributed by atoms with Crippen LogP contribution >= 0.6 is 0 Å². The van der Waals surface area contributed by atoms with E-state index in [-0.39, 0.29) is 0 Å². The van der Waals surface area contributed by atoms with Gasteiger partial charge in [-0.15, -0.1) is 0 Å². The van der Waals surface area contributed by atoms with Crippen LogP contribution in [0.5, 0.6) is 0 Å². The molecule has 1 aliphatic carbocycles. The van der Waals surface area contributed by atoms with E-state index in [1.807, 2.05) is 0 Å². The molecular weight excluding hydrogens is 234 g/mol. The molecule has 2 nitrogen and oxygen atoms in total. The SMILES string of the molecule is CCCNC(COCC)c1cccc(C2CCC2)c1. The first-order chi connectivity index (χ1) is 9.35. The Kier molecular flexibility index (Phi) is 5.87. The third-order valence-electron chi connectivity index (χ3n) is 4.02. The maximum Gasteiger partial charge on any atom is 0.0661 e. The molecule has 0 radical (unpaired) electrons. The summed E-state index contributed by atoms with van der Waals surface area (Å²) < 4.78 is 5.63. The van der Waals surface area contributed by atoms with Crippen molar-refractivity contribution in [3.63, 3.8) is 0 Å². The Bertz CT molecular complexity index is 365. The standard InChI is InChI=1S/C17H27NO/c1-3-11-18-17(13-19-4-2)16-10-6-9-15(12-16)14-7-5-8-14/h6,9-10,12,14,17-18H,3-5,7-8,11,13H2,1-2H3. The normalized spacial score (nSPS) is 17.2. The fourth-order valence-electron chi connectivity index (χ4n) is 2.60. The van der Waals surface area contributed by atoms with Crippen LogP contribution in [0.1, 0.15) is 62.6 Å². The van der Waals surface area contributed by atoms with Crippen molar-refractivity contribution >= 4 is 0 Å². The van der Waals surface area contributed by atoms with E-state index in [9.17, 15) is 0 Å². The minimum atomic E-state index is 0.333. The molecule has 0 amide bonds. The van der Waals surface area contributed by atoms with Gasteiger partial charge in [0, 0.05) is 6.61 Å². The van der Waals surface area contributed by atoms with Crippen LogP contribution in [0.15, 0.2) is 24.3 Å². The first-order valence-electron chi connectivity index (χ1n) is 7.76. The number of hydrogen-bond acceptors (Lipinski definition) is 2. The third kappa shape index (κ3) is 4.05. The van der Waals surface area contributed by atoms with Gasteiger partial charge in [-0.2, -0.15) is 0 Å². The Hall–Kier alpha value is -0.860. The van der Waals surface area contributed by atoms with Crippen LogP contribution in [0.4, 0.5) is 0 Å². The highest BCUT2D eigenvalue weighted by Gasteiger charge is 2.20. The second-order valence-electron chi connectivity index (χ2n) is 5.46. The lowest BCUT2D eigenvalue weighted by Crippen LogP contribution is -2.26. The number of benzene rings is 1. The topological polar surface area (TPSA) is 21.3 Å². The van der Waals surface area contributed by atoms with Gasteiger partial charge < -0.3 is 10.1 Å². The second kappa shape index (κ2) is 7.66. The van der Waals surface area contributed by atoms with Crippen molar-refractivity contribution in [2.45, 2.75) is 51.5 Å². The van der Waals surface area contributed by atoms with Gasteiger partial charge in [0.1, 0.15) is 0 Å². The number of rotatable bonds is 8. The fraction of sp³-hybridized carbons (Fsp3) is 0.647. The van der Waals surface area contributed by atoms with Crippen LogP contribution < -0.4 is 5.32 Å². The van der Waals surface area contributed by atoms with Gasteiger partial charge in [0.25, 0.3) is 0 Å². The van der Waals surface area contributed by atoms with Gasteiger partial charge in [0.2, 0.25) is 0 Å². The van der Waals surface area contributed by atoms with Gasteiger partial charge in [-0.1, -0.05) is 37.6 Å². The first kappa shape index (κ1) is 14.5. The zero-order chi connectivity index (χ0) is 13.5. The minimum absolute atomic E-state index is 0.333. The molecule has 2 rings (SSSR count). The molecule has 1 aromatic rings. The molecule has 1 atom stereocenters. The molecule has 19 heavy (non-hydrogen) atoms. The molecule has 0 aromatic heterocycles. The Morgan fingerprint density at radius 3 is 2.79 bits per heavy atom. The number of hydrogen-bond donors (Lipinski definition) is 1. The summed E-state index contributed by atoms with van der Waals surface area (Å²) in [5, 5.41) is 3.60. The van der Waals surface area contributed by atoms with Crippen LogP contribution in [0, 0.1) is 0 Å². The summed E-state index contributed by atoms with van der Waals surface area (Å²) in [5.41, 5.74) is 2.90. The largest absolute Gasteiger partial charge is 0.380 e. The van der Waals surface area contributed by atoms with Crippen molar-refractivity contribution in [3.05, 3.63) is 35.4 Å². The Morgan fingerprint density at radius 2 is 2.16 bits per heavy atom. The molecule has 1 N–H and O–H groups in total. The zero-order valence-electron chi connectivity index (χ0n) is 12.3. The lowest BCUT2D eigenvalue weighted by Gasteiger charge is -2.27. The number of ether oxygens (including phenoxy) is 1. The first-order valence-corrected chi connectivity index (χ1v) is 7.76. The molecule has 0 bridgehead atoms. The van der Waals surface area contributed by atoms with Gasteiger partial charge in [0.15, 0.2) is 0 Å². The quantitative estimate of drug-likeness (QED) is 0.763. The predicted octanol–water partition coefficient (Wildman–Crippen LogP) is 4.03. The molecule has 1 aromatic carbocycles. The lowest BCUT2D eigenvalue weighted by atomic mass is 9.79. The minimum Gasteiger partial charge on any atom is -0.380 e. The van der Waals surface area contributed by atoms with E-state index in [1.54, 1.807) is 0 Å². The summed E-state index contributed by atoms with van der Waals surface area (Å²) >= 11 is 0. The molecule has 1 aliphatic rings. The van der Waals surface area contributed by atoms with E-state index in [0.717, 1.165) is 32.1 Å². The highest BCUT2D eigenvalue weighted by atomic mass is 16.5. The Balaban J connectivity index is 2.05. The highest BCUT2D eigenvalue weighted by Crippen LogP contribution is 2.37. The van der Waals surface area contributed by atoms with Crippen molar-refractivity contribution in [2.24, 2.45) is 0 Å². The number of nitrogens with one attached hydrogen (secondary N) is 1. The third-order valence-corrected chi connectivity index (χ3v) is 4.02. The molecule has 0 saturated heterocycles. The maximum absolute atomic E-state index is 5.63. The van der Waals surface area contributed by atoms with Crippen molar-refractivity contribution < 1.29 is 4.74 Å². The molecule has 2 heteroatoms. The second-order valence-corrected chi connectivity index (χ2v) is 5.46. The molecule has 0 heterocycles. The molecule has 0 aliphatic heterocycles. The maximum atomic E-state index is 5.63. The molecule has 106 valence electrons.